The number of hydrogen-bond donors (Lipinski definition) is 0. The van der Waals surface area contributed by atoms with E-state index in [-0.39, 0.29) is 5.56 Å². The molecule has 0 saturated heterocycles. The second kappa shape index (κ2) is 6.70. The molecule has 0 amide bonds. The number of fused-ring (bicyclic) bond motifs is 2. The Balaban J connectivity index is 1.45. The van der Waals surface area contributed by atoms with Crippen molar-refractivity contribution in [2.24, 2.45) is 0 Å². The number of nitrogens with zero attached hydrogens (tertiary/aromatic N) is 4. The second-order valence-corrected chi connectivity index (χ2v) is 6.68. The Bertz CT molecular complexity index is 1360. The van der Waals surface area contributed by atoms with Gasteiger partial charge in [-0.2, -0.15) is 0 Å². The van der Waals surface area contributed by atoms with Crippen molar-refractivity contribution in [2.45, 2.75) is 6.54 Å². The van der Waals surface area contributed by atoms with Gasteiger partial charge < -0.3 is 0 Å². The lowest BCUT2D eigenvalue weighted by molar-refractivity contribution is 0.746. The number of hydrogen-bond acceptors (Lipinski definition) is 4. The van der Waals surface area contributed by atoms with Gasteiger partial charge in [0, 0.05) is 24.0 Å². The summed E-state index contributed by atoms with van der Waals surface area (Å²) in [7, 11) is 0. The molecule has 2 aromatic carbocycles. The van der Waals surface area contributed by atoms with Gasteiger partial charge in [-0.25, -0.2) is 9.97 Å². The Labute approximate surface area is 161 Å². The van der Waals surface area contributed by atoms with E-state index in [1.165, 1.54) is 0 Å². The first kappa shape index (κ1) is 16.3. The van der Waals surface area contributed by atoms with Crippen LogP contribution < -0.4 is 5.56 Å². The molecule has 5 heteroatoms. The Kier molecular flexibility index (Phi) is 3.91. The molecule has 0 saturated carbocycles. The van der Waals surface area contributed by atoms with E-state index in [1.807, 2.05) is 24.4 Å². The summed E-state index contributed by atoms with van der Waals surface area (Å²) in [6.07, 6.45) is 6.87. The van der Waals surface area contributed by atoms with Gasteiger partial charge in [0.15, 0.2) is 5.52 Å². The zero-order chi connectivity index (χ0) is 18.9. The fraction of sp³-hybridized carbons (Fsp3) is 0.0435. The van der Waals surface area contributed by atoms with E-state index in [0.717, 1.165) is 27.5 Å². The van der Waals surface area contributed by atoms with E-state index in [4.69, 9.17) is 0 Å². The number of pyridine rings is 2. The van der Waals surface area contributed by atoms with Crippen LogP contribution >= 0.6 is 0 Å². The molecule has 0 bridgehead atoms. The minimum Gasteiger partial charge on any atom is -0.293 e. The van der Waals surface area contributed by atoms with Gasteiger partial charge in [-0.15, -0.1) is 0 Å². The van der Waals surface area contributed by atoms with Crippen LogP contribution in [0.3, 0.4) is 0 Å². The maximum Gasteiger partial charge on any atom is 0.280 e. The van der Waals surface area contributed by atoms with Gasteiger partial charge in [0.1, 0.15) is 0 Å². The summed E-state index contributed by atoms with van der Waals surface area (Å²) in [5, 5.41) is 2.29. The summed E-state index contributed by atoms with van der Waals surface area (Å²) in [6, 6.07) is 20.2. The molecule has 28 heavy (non-hydrogen) atoms. The molecular weight excluding hydrogens is 348 g/mol. The number of aromatic nitrogens is 4. The number of rotatable bonds is 3. The molecule has 3 aromatic heterocycles. The predicted molar refractivity (Wildman–Crippen MR) is 110 cm³/mol. The summed E-state index contributed by atoms with van der Waals surface area (Å²) in [5.41, 5.74) is 4.20. The van der Waals surface area contributed by atoms with Crippen LogP contribution in [0, 0.1) is 0 Å². The van der Waals surface area contributed by atoms with Gasteiger partial charge in [-0.1, -0.05) is 36.4 Å². The van der Waals surface area contributed by atoms with Crippen LogP contribution in [0.2, 0.25) is 0 Å². The van der Waals surface area contributed by atoms with E-state index in [0.29, 0.717) is 17.6 Å². The van der Waals surface area contributed by atoms with Crippen molar-refractivity contribution in [2.75, 3.05) is 0 Å². The zero-order valence-electron chi connectivity index (χ0n) is 15.0. The van der Waals surface area contributed by atoms with Gasteiger partial charge in [0.2, 0.25) is 0 Å². The first-order valence-electron chi connectivity index (χ1n) is 9.01. The van der Waals surface area contributed by atoms with Crippen LogP contribution in [-0.2, 0) is 6.54 Å². The van der Waals surface area contributed by atoms with E-state index in [9.17, 15) is 4.79 Å². The SMILES string of the molecule is O=c1c2ncccc2ncn1Cc1ccc(-c2ccc3cnccc3c2)cc1. The topological polar surface area (TPSA) is 60.7 Å². The minimum atomic E-state index is -0.127. The van der Waals surface area contributed by atoms with Gasteiger partial charge in [0.05, 0.1) is 18.4 Å². The Hall–Kier alpha value is -3.86. The molecule has 0 atom stereocenters. The monoisotopic (exact) mass is 364 g/mol. The van der Waals surface area contributed by atoms with Crippen molar-refractivity contribution in [1.82, 2.24) is 19.5 Å². The third-order valence-electron chi connectivity index (χ3n) is 4.87. The lowest BCUT2D eigenvalue weighted by atomic mass is 10.0. The Morgan fingerprint density at radius 3 is 2.57 bits per heavy atom. The maximum absolute atomic E-state index is 12.6. The average Bonchev–Trinajstić information content (AvgIpc) is 2.76. The molecule has 5 aromatic rings. The third kappa shape index (κ3) is 2.93. The van der Waals surface area contributed by atoms with Crippen LogP contribution in [0.15, 0.2) is 90.4 Å². The number of benzene rings is 2. The molecule has 0 radical (unpaired) electrons. The van der Waals surface area contributed by atoms with Crippen molar-refractivity contribution < 1.29 is 0 Å². The second-order valence-electron chi connectivity index (χ2n) is 6.68. The summed E-state index contributed by atoms with van der Waals surface area (Å²) in [4.78, 5) is 25.2. The highest BCUT2D eigenvalue weighted by Crippen LogP contribution is 2.24. The molecule has 134 valence electrons. The van der Waals surface area contributed by atoms with Gasteiger partial charge in [-0.3, -0.25) is 14.3 Å². The summed E-state index contributed by atoms with van der Waals surface area (Å²) in [5.74, 6) is 0. The Morgan fingerprint density at radius 1 is 0.821 bits per heavy atom. The highest BCUT2D eigenvalue weighted by atomic mass is 16.1. The molecule has 5 nitrogen and oxygen atoms in total. The smallest absolute Gasteiger partial charge is 0.280 e. The predicted octanol–water partition coefficient (Wildman–Crippen LogP) is 4.06. The van der Waals surface area contributed by atoms with Crippen molar-refractivity contribution in [3.63, 3.8) is 0 Å². The lowest BCUT2D eigenvalue weighted by Crippen LogP contribution is -2.21. The molecular formula is C23H16N4O. The van der Waals surface area contributed by atoms with Crippen LogP contribution in [0.25, 0.3) is 32.9 Å². The van der Waals surface area contributed by atoms with Gasteiger partial charge in [0.25, 0.3) is 5.56 Å². The van der Waals surface area contributed by atoms with Crippen LogP contribution in [-0.4, -0.2) is 19.5 Å². The summed E-state index contributed by atoms with van der Waals surface area (Å²) >= 11 is 0. The third-order valence-corrected chi connectivity index (χ3v) is 4.87. The quantitative estimate of drug-likeness (QED) is 0.484. The van der Waals surface area contributed by atoms with E-state index < -0.39 is 0 Å². The standard InChI is InChI=1S/C23H16N4O/c28-23-22-21(2-1-10-25-22)26-15-27(23)14-16-3-5-17(6-4-16)18-7-8-20-13-24-11-9-19(20)12-18/h1-13,15H,14H2. The largest absolute Gasteiger partial charge is 0.293 e. The molecule has 0 aliphatic carbocycles. The fourth-order valence-corrected chi connectivity index (χ4v) is 3.36. The van der Waals surface area contributed by atoms with Crippen LogP contribution in [0.1, 0.15) is 5.56 Å². The van der Waals surface area contributed by atoms with Crippen LogP contribution in [0.5, 0.6) is 0 Å². The molecule has 0 fully saturated rings. The molecule has 0 aliphatic rings. The Morgan fingerprint density at radius 2 is 1.68 bits per heavy atom. The summed E-state index contributed by atoms with van der Waals surface area (Å²) < 4.78 is 1.59. The van der Waals surface area contributed by atoms with Crippen molar-refractivity contribution in [3.8, 4) is 11.1 Å². The van der Waals surface area contributed by atoms with Crippen molar-refractivity contribution >= 4 is 21.8 Å². The molecule has 0 spiro atoms. The van der Waals surface area contributed by atoms with E-state index in [1.54, 1.807) is 35.4 Å². The van der Waals surface area contributed by atoms with Gasteiger partial charge in [-0.05, 0) is 46.3 Å². The molecule has 0 unspecified atom stereocenters. The van der Waals surface area contributed by atoms with Crippen molar-refractivity contribution in [3.05, 3.63) is 101 Å². The minimum absolute atomic E-state index is 0.127. The lowest BCUT2D eigenvalue weighted by Gasteiger charge is -2.08. The van der Waals surface area contributed by atoms with Crippen LogP contribution in [0.4, 0.5) is 0 Å². The highest BCUT2D eigenvalue weighted by Gasteiger charge is 2.06. The fourth-order valence-electron chi connectivity index (χ4n) is 3.36. The summed E-state index contributed by atoms with van der Waals surface area (Å²) in [6.45, 7) is 0.460. The molecule has 5 rings (SSSR count). The van der Waals surface area contributed by atoms with E-state index in [2.05, 4.69) is 45.3 Å². The zero-order valence-corrected chi connectivity index (χ0v) is 15.0. The molecule has 0 aliphatic heterocycles. The maximum atomic E-state index is 12.6. The normalized spacial score (nSPS) is 11.1. The molecule has 3 heterocycles. The first-order valence-corrected chi connectivity index (χ1v) is 9.01. The first-order chi connectivity index (χ1) is 13.8. The average molecular weight is 364 g/mol. The van der Waals surface area contributed by atoms with Gasteiger partial charge >= 0.3 is 0 Å². The van der Waals surface area contributed by atoms with Crippen molar-refractivity contribution in [1.29, 1.82) is 0 Å². The molecule has 0 N–H and O–H groups in total. The van der Waals surface area contributed by atoms with E-state index >= 15 is 0 Å². The highest BCUT2D eigenvalue weighted by molar-refractivity contribution is 5.86.